The van der Waals surface area contributed by atoms with Gasteiger partial charge in [-0.2, -0.15) is 0 Å². The summed E-state index contributed by atoms with van der Waals surface area (Å²) in [5.74, 6) is 0. The van der Waals surface area contributed by atoms with Gasteiger partial charge in [0.2, 0.25) is 0 Å². The Balaban J connectivity index is 2.09. The third-order valence-corrected chi connectivity index (χ3v) is 3.59. The van der Waals surface area contributed by atoms with Gasteiger partial charge in [-0.25, -0.2) is 0 Å². The molecule has 0 aliphatic carbocycles. The topological polar surface area (TPSA) is 15.3 Å². The molecule has 0 spiro atoms. The Labute approximate surface area is 105 Å². The quantitative estimate of drug-likeness (QED) is 0.844. The molecule has 1 aromatic rings. The number of hydrogen-bond donors (Lipinski definition) is 1. The summed E-state index contributed by atoms with van der Waals surface area (Å²) in [4.78, 5) is 2.48. The van der Waals surface area contributed by atoms with Gasteiger partial charge in [-0.05, 0) is 47.2 Å². The smallest absolute Gasteiger partial charge is 0.0377 e. The largest absolute Gasteiger partial charge is 0.369 e. The molecule has 1 aliphatic heterocycles. The van der Waals surface area contributed by atoms with E-state index in [1.807, 2.05) is 0 Å². The molecule has 1 heterocycles. The first kappa shape index (κ1) is 11.2. The van der Waals surface area contributed by atoms with E-state index in [9.17, 15) is 0 Å². The Morgan fingerprint density at radius 1 is 1.53 bits per heavy atom. The van der Waals surface area contributed by atoms with Crippen molar-refractivity contribution in [3.63, 3.8) is 0 Å². The van der Waals surface area contributed by atoms with Crippen LogP contribution in [0, 0.1) is 3.57 Å². The molecule has 1 atom stereocenters. The molecular formula is C12H17IN2. The highest BCUT2D eigenvalue weighted by molar-refractivity contribution is 14.1. The average molecular weight is 316 g/mol. The van der Waals surface area contributed by atoms with Gasteiger partial charge in [0.05, 0.1) is 0 Å². The number of nitrogens with zero attached hydrogens (tertiary/aromatic N) is 1. The van der Waals surface area contributed by atoms with Crippen molar-refractivity contribution in [3.05, 3.63) is 27.8 Å². The molecule has 0 saturated carbocycles. The van der Waals surface area contributed by atoms with Gasteiger partial charge in [-0.3, -0.25) is 0 Å². The molecule has 2 rings (SSSR count). The number of benzene rings is 1. The monoisotopic (exact) mass is 316 g/mol. The van der Waals surface area contributed by atoms with E-state index in [-0.39, 0.29) is 0 Å². The number of nitrogens with one attached hydrogen (secondary N) is 1. The summed E-state index contributed by atoms with van der Waals surface area (Å²) >= 11 is 2.37. The molecule has 15 heavy (non-hydrogen) atoms. The van der Waals surface area contributed by atoms with Crippen molar-refractivity contribution < 1.29 is 0 Å². The Bertz CT molecular complexity index is 327. The van der Waals surface area contributed by atoms with Gasteiger partial charge in [-0.1, -0.05) is 13.0 Å². The Morgan fingerprint density at radius 2 is 2.40 bits per heavy atom. The van der Waals surface area contributed by atoms with Crippen molar-refractivity contribution in [1.29, 1.82) is 0 Å². The van der Waals surface area contributed by atoms with Crippen molar-refractivity contribution in [2.24, 2.45) is 0 Å². The van der Waals surface area contributed by atoms with E-state index in [1.54, 1.807) is 0 Å². The van der Waals surface area contributed by atoms with Crippen molar-refractivity contribution in [1.82, 2.24) is 5.32 Å². The number of rotatable bonds is 2. The van der Waals surface area contributed by atoms with Crippen LogP contribution in [0.5, 0.6) is 0 Å². The van der Waals surface area contributed by atoms with Crippen LogP contribution in [0.2, 0.25) is 0 Å². The molecule has 1 N–H and O–H groups in total. The van der Waals surface area contributed by atoms with E-state index >= 15 is 0 Å². The molecule has 2 nitrogen and oxygen atoms in total. The highest BCUT2D eigenvalue weighted by Gasteiger charge is 2.17. The number of halogens is 1. The zero-order valence-corrected chi connectivity index (χ0v) is 11.2. The van der Waals surface area contributed by atoms with E-state index in [0.29, 0.717) is 6.04 Å². The van der Waals surface area contributed by atoms with Gasteiger partial charge < -0.3 is 10.2 Å². The SMILES string of the molecule is CCC1CN(c2cccc(I)c2)CCN1. The van der Waals surface area contributed by atoms with Crippen LogP contribution in [0.4, 0.5) is 5.69 Å². The van der Waals surface area contributed by atoms with E-state index in [1.165, 1.54) is 15.7 Å². The molecule has 1 fully saturated rings. The minimum absolute atomic E-state index is 0.650. The summed E-state index contributed by atoms with van der Waals surface area (Å²) in [6.45, 7) is 5.60. The van der Waals surface area contributed by atoms with Crippen molar-refractivity contribution in [2.45, 2.75) is 19.4 Å². The fourth-order valence-electron chi connectivity index (χ4n) is 2.01. The zero-order chi connectivity index (χ0) is 10.7. The van der Waals surface area contributed by atoms with Crippen molar-refractivity contribution >= 4 is 28.3 Å². The average Bonchev–Trinajstić information content (AvgIpc) is 2.29. The Hall–Kier alpha value is -0.290. The first-order valence-corrected chi connectivity index (χ1v) is 6.61. The number of hydrogen-bond acceptors (Lipinski definition) is 2. The second-order valence-corrected chi connectivity index (χ2v) is 5.23. The van der Waals surface area contributed by atoms with Crippen LogP contribution in [0.25, 0.3) is 0 Å². The van der Waals surface area contributed by atoms with Crippen molar-refractivity contribution in [2.75, 3.05) is 24.5 Å². The van der Waals surface area contributed by atoms with Crippen LogP contribution in [0.3, 0.4) is 0 Å². The van der Waals surface area contributed by atoms with E-state index in [0.717, 1.165) is 19.6 Å². The maximum absolute atomic E-state index is 3.54. The third-order valence-electron chi connectivity index (χ3n) is 2.92. The maximum atomic E-state index is 3.54. The number of anilines is 1. The lowest BCUT2D eigenvalue weighted by Crippen LogP contribution is -2.50. The predicted molar refractivity (Wildman–Crippen MR) is 73.5 cm³/mol. The molecule has 0 bridgehead atoms. The predicted octanol–water partition coefficient (Wildman–Crippen LogP) is 2.48. The van der Waals surface area contributed by atoms with E-state index < -0.39 is 0 Å². The lowest BCUT2D eigenvalue weighted by Gasteiger charge is -2.35. The van der Waals surface area contributed by atoms with Gasteiger partial charge in [0.15, 0.2) is 0 Å². The zero-order valence-electron chi connectivity index (χ0n) is 9.04. The molecule has 82 valence electrons. The van der Waals surface area contributed by atoms with Crippen LogP contribution in [-0.4, -0.2) is 25.7 Å². The van der Waals surface area contributed by atoms with E-state index in [2.05, 4.69) is 64.0 Å². The lowest BCUT2D eigenvalue weighted by atomic mass is 10.1. The van der Waals surface area contributed by atoms with Gasteiger partial charge >= 0.3 is 0 Å². The Kier molecular flexibility index (Phi) is 3.86. The van der Waals surface area contributed by atoms with Crippen LogP contribution >= 0.6 is 22.6 Å². The lowest BCUT2D eigenvalue weighted by molar-refractivity contribution is 0.447. The molecule has 1 saturated heterocycles. The van der Waals surface area contributed by atoms with Gasteiger partial charge in [0.1, 0.15) is 0 Å². The highest BCUT2D eigenvalue weighted by Crippen LogP contribution is 2.19. The highest BCUT2D eigenvalue weighted by atomic mass is 127. The molecule has 1 aromatic carbocycles. The minimum atomic E-state index is 0.650. The fourth-order valence-corrected chi connectivity index (χ4v) is 2.53. The molecule has 0 radical (unpaired) electrons. The molecule has 1 aliphatic rings. The summed E-state index contributed by atoms with van der Waals surface area (Å²) in [6.07, 6.45) is 1.21. The first-order chi connectivity index (χ1) is 7.29. The Morgan fingerprint density at radius 3 is 3.13 bits per heavy atom. The number of piperazine rings is 1. The van der Waals surface area contributed by atoms with Crippen molar-refractivity contribution in [3.8, 4) is 0 Å². The second-order valence-electron chi connectivity index (χ2n) is 3.99. The first-order valence-electron chi connectivity index (χ1n) is 5.53. The molecular weight excluding hydrogens is 299 g/mol. The molecule has 0 amide bonds. The van der Waals surface area contributed by atoms with Crippen LogP contribution < -0.4 is 10.2 Å². The molecule has 0 aromatic heterocycles. The van der Waals surface area contributed by atoms with Gasteiger partial charge in [-0.15, -0.1) is 0 Å². The third kappa shape index (κ3) is 2.84. The molecule has 3 heteroatoms. The van der Waals surface area contributed by atoms with Crippen LogP contribution in [0.1, 0.15) is 13.3 Å². The molecule has 1 unspecified atom stereocenters. The summed E-state index contributed by atoms with van der Waals surface area (Å²) in [5, 5.41) is 3.54. The fraction of sp³-hybridized carbons (Fsp3) is 0.500. The second kappa shape index (κ2) is 5.16. The van der Waals surface area contributed by atoms with Crippen LogP contribution in [-0.2, 0) is 0 Å². The summed E-state index contributed by atoms with van der Waals surface area (Å²) in [6, 6.07) is 9.40. The normalized spacial score (nSPS) is 21.7. The summed E-state index contributed by atoms with van der Waals surface area (Å²) in [7, 11) is 0. The summed E-state index contributed by atoms with van der Waals surface area (Å²) < 4.78 is 1.32. The van der Waals surface area contributed by atoms with Gasteiger partial charge in [0, 0.05) is 34.9 Å². The van der Waals surface area contributed by atoms with E-state index in [4.69, 9.17) is 0 Å². The summed E-state index contributed by atoms with van der Waals surface area (Å²) in [5.41, 5.74) is 1.36. The maximum Gasteiger partial charge on any atom is 0.0377 e. The van der Waals surface area contributed by atoms with Gasteiger partial charge in [0.25, 0.3) is 0 Å². The standard InChI is InChI=1S/C12H17IN2/c1-2-11-9-15(7-6-14-11)12-5-3-4-10(13)8-12/h3-5,8,11,14H,2,6-7,9H2,1H3. The van der Waals surface area contributed by atoms with Crippen LogP contribution in [0.15, 0.2) is 24.3 Å². The minimum Gasteiger partial charge on any atom is -0.369 e.